The predicted molar refractivity (Wildman–Crippen MR) is 146 cm³/mol. The van der Waals surface area contributed by atoms with Crippen LogP contribution in [0.2, 0.25) is 0 Å². The minimum atomic E-state index is -0.639. The van der Waals surface area contributed by atoms with Crippen molar-refractivity contribution in [3.8, 4) is 5.75 Å². The van der Waals surface area contributed by atoms with Crippen molar-refractivity contribution in [2.24, 2.45) is 5.92 Å². The molecule has 2 aromatic carbocycles. The zero-order valence-corrected chi connectivity index (χ0v) is 22.5. The number of carbonyl (C=O) groups excluding carboxylic acids is 3. The number of likely N-dealkylation sites (tertiary alicyclic amines) is 1. The van der Waals surface area contributed by atoms with E-state index in [1.54, 1.807) is 24.3 Å². The molecule has 6 rings (SSSR count). The number of aromatic nitrogens is 1. The molecule has 2 saturated heterocycles. The fourth-order valence-corrected chi connectivity index (χ4v) is 7.99. The van der Waals surface area contributed by atoms with Gasteiger partial charge in [-0.25, -0.2) is 4.90 Å². The predicted octanol–water partition coefficient (Wildman–Crippen LogP) is 3.93. The average Bonchev–Trinajstić information content (AvgIpc) is 3.43. The third kappa shape index (κ3) is 4.45. The van der Waals surface area contributed by atoms with E-state index in [0.29, 0.717) is 16.5 Å². The Balaban J connectivity index is 1.27. The molecule has 2 fully saturated rings. The molecule has 38 heavy (non-hydrogen) atoms. The van der Waals surface area contributed by atoms with Crippen molar-refractivity contribution in [2.45, 2.75) is 42.4 Å². The SMILES string of the molecule is Cc1ccc(N2C(=O)C3Sc4[nH]c(=O)sc4[C@H](c4ccc(OCC(=O)N5CCCCC5)cc4)C3C2=O)cc1. The largest absolute Gasteiger partial charge is 0.484 e. The summed E-state index contributed by atoms with van der Waals surface area (Å²) in [4.78, 5) is 58.6. The number of thioether (sulfide) groups is 1. The smallest absolute Gasteiger partial charge is 0.305 e. The van der Waals surface area contributed by atoms with E-state index >= 15 is 0 Å². The summed E-state index contributed by atoms with van der Waals surface area (Å²) in [5, 5.41) is 0.00950. The Morgan fingerprint density at radius 3 is 2.39 bits per heavy atom. The molecule has 0 spiro atoms. The Morgan fingerprint density at radius 1 is 0.974 bits per heavy atom. The number of hydrogen-bond acceptors (Lipinski definition) is 7. The van der Waals surface area contributed by atoms with E-state index in [0.717, 1.165) is 59.7 Å². The number of H-pyrrole nitrogens is 1. The number of nitrogens with zero attached hydrogens (tertiary/aromatic N) is 2. The first kappa shape index (κ1) is 24.9. The molecule has 3 atom stereocenters. The molecule has 0 aliphatic carbocycles. The van der Waals surface area contributed by atoms with E-state index in [2.05, 4.69) is 4.98 Å². The van der Waals surface area contributed by atoms with Gasteiger partial charge in [0.05, 0.1) is 16.6 Å². The quantitative estimate of drug-likeness (QED) is 0.484. The summed E-state index contributed by atoms with van der Waals surface area (Å²) in [6.45, 7) is 3.48. The number of fused-ring (bicyclic) bond motifs is 2. The molecule has 4 heterocycles. The molecular weight excluding hydrogens is 522 g/mol. The number of imide groups is 1. The monoisotopic (exact) mass is 549 g/mol. The van der Waals surface area contributed by atoms with Gasteiger partial charge in [0.15, 0.2) is 6.61 Å². The van der Waals surface area contributed by atoms with Gasteiger partial charge in [-0.3, -0.25) is 19.2 Å². The van der Waals surface area contributed by atoms with E-state index in [4.69, 9.17) is 4.74 Å². The zero-order valence-electron chi connectivity index (χ0n) is 20.8. The van der Waals surface area contributed by atoms with Gasteiger partial charge in [0.1, 0.15) is 11.0 Å². The van der Waals surface area contributed by atoms with Crippen LogP contribution < -0.4 is 14.5 Å². The molecule has 8 nitrogen and oxygen atoms in total. The van der Waals surface area contributed by atoms with Gasteiger partial charge in [0.25, 0.3) is 5.91 Å². The maximum absolute atomic E-state index is 13.8. The molecule has 10 heteroatoms. The second-order valence-corrected chi connectivity index (χ2v) is 12.1. The molecule has 1 N–H and O–H groups in total. The van der Waals surface area contributed by atoms with Crippen LogP contribution in [0, 0.1) is 12.8 Å². The van der Waals surface area contributed by atoms with Gasteiger partial charge in [-0.2, -0.15) is 0 Å². The van der Waals surface area contributed by atoms with Crippen molar-refractivity contribution < 1.29 is 19.1 Å². The van der Waals surface area contributed by atoms with Gasteiger partial charge in [-0.15, -0.1) is 0 Å². The van der Waals surface area contributed by atoms with Crippen molar-refractivity contribution in [2.75, 3.05) is 24.6 Å². The highest BCUT2D eigenvalue weighted by Gasteiger charge is 2.56. The van der Waals surface area contributed by atoms with Crippen LogP contribution in [0.4, 0.5) is 5.69 Å². The summed E-state index contributed by atoms with van der Waals surface area (Å²) in [6, 6.07) is 14.6. The number of aryl methyl sites for hydroxylation is 1. The molecule has 0 radical (unpaired) electrons. The lowest BCUT2D eigenvalue weighted by Crippen LogP contribution is -2.38. The second-order valence-electron chi connectivity index (χ2n) is 9.90. The molecular formula is C28H27N3O5S2. The Kier molecular flexibility index (Phi) is 6.61. The summed E-state index contributed by atoms with van der Waals surface area (Å²) >= 11 is 2.35. The molecule has 3 aliphatic rings. The van der Waals surface area contributed by atoms with Crippen LogP contribution in [0.1, 0.15) is 41.2 Å². The van der Waals surface area contributed by atoms with Gasteiger partial charge in [0.2, 0.25) is 11.8 Å². The van der Waals surface area contributed by atoms with Gasteiger partial charge < -0.3 is 14.6 Å². The highest BCUT2D eigenvalue weighted by molar-refractivity contribution is 8.00. The van der Waals surface area contributed by atoms with E-state index in [1.807, 2.05) is 36.1 Å². The van der Waals surface area contributed by atoms with Crippen molar-refractivity contribution >= 4 is 46.5 Å². The van der Waals surface area contributed by atoms with Crippen LogP contribution in [0.25, 0.3) is 0 Å². The lowest BCUT2D eigenvalue weighted by Gasteiger charge is -2.30. The van der Waals surface area contributed by atoms with Gasteiger partial charge in [0, 0.05) is 23.9 Å². The van der Waals surface area contributed by atoms with Crippen LogP contribution in [-0.4, -0.2) is 52.6 Å². The minimum absolute atomic E-state index is 0.0195. The summed E-state index contributed by atoms with van der Waals surface area (Å²) in [5.74, 6) is -1.09. The van der Waals surface area contributed by atoms with Crippen molar-refractivity contribution in [3.05, 3.63) is 74.2 Å². The van der Waals surface area contributed by atoms with Crippen LogP contribution >= 0.6 is 23.1 Å². The third-order valence-corrected chi connectivity index (χ3v) is 9.83. The first-order valence-corrected chi connectivity index (χ1v) is 14.4. The fourth-order valence-electron chi connectivity index (χ4n) is 5.48. The Morgan fingerprint density at radius 2 is 1.68 bits per heavy atom. The zero-order chi connectivity index (χ0) is 26.4. The van der Waals surface area contributed by atoms with E-state index in [-0.39, 0.29) is 29.2 Å². The highest BCUT2D eigenvalue weighted by atomic mass is 32.2. The first-order valence-electron chi connectivity index (χ1n) is 12.8. The number of ether oxygens (including phenoxy) is 1. The Labute approximate surface area is 228 Å². The number of thiazole rings is 1. The molecule has 0 bridgehead atoms. The van der Waals surface area contributed by atoms with Crippen LogP contribution in [0.3, 0.4) is 0 Å². The van der Waals surface area contributed by atoms with Gasteiger partial charge in [-0.1, -0.05) is 52.9 Å². The first-order chi connectivity index (χ1) is 18.4. The fraction of sp³-hybridized carbons (Fsp3) is 0.357. The number of amides is 3. The summed E-state index contributed by atoms with van der Waals surface area (Å²) < 4.78 is 5.77. The number of aromatic amines is 1. The van der Waals surface area contributed by atoms with Crippen molar-refractivity contribution in [1.29, 1.82) is 0 Å². The maximum Gasteiger partial charge on any atom is 0.305 e. The molecule has 3 aromatic rings. The molecule has 1 aromatic heterocycles. The number of carbonyl (C=O) groups is 3. The van der Waals surface area contributed by atoms with Crippen molar-refractivity contribution in [3.63, 3.8) is 0 Å². The van der Waals surface area contributed by atoms with Crippen LogP contribution in [0.15, 0.2) is 58.4 Å². The molecule has 2 unspecified atom stereocenters. The molecule has 3 aliphatic heterocycles. The lowest BCUT2D eigenvalue weighted by atomic mass is 9.83. The summed E-state index contributed by atoms with van der Waals surface area (Å²) in [5.41, 5.74) is 2.41. The number of hydrogen-bond donors (Lipinski definition) is 1. The maximum atomic E-state index is 13.8. The van der Waals surface area contributed by atoms with E-state index in [9.17, 15) is 19.2 Å². The lowest BCUT2D eigenvalue weighted by molar-refractivity contribution is -0.134. The summed E-state index contributed by atoms with van der Waals surface area (Å²) in [7, 11) is 0. The normalized spacial score (nSPS) is 22.8. The standard InChI is InChI=1S/C28H27N3O5S2/c1-16-5-9-18(10-6-16)31-26(33)22-21(23-25(29-28(35)38-23)37-24(22)27(31)34)17-7-11-19(12-8-17)36-15-20(32)30-13-3-2-4-14-30/h5-12,21-22,24H,2-4,13-15H2,1H3,(H,29,35)/t21-,22?,24?/m1/s1. The average molecular weight is 550 g/mol. The second kappa shape index (κ2) is 10.1. The van der Waals surface area contributed by atoms with Crippen LogP contribution in [-0.2, 0) is 14.4 Å². The Bertz CT molecular complexity index is 1440. The number of anilines is 1. The minimum Gasteiger partial charge on any atom is -0.484 e. The summed E-state index contributed by atoms with van der Waals surface area (Å²) in [6.07, 6.45) is 3.21. The number of benzene rings is 2. The van der Waals surface area contributed by atoms with Crippen LogP contribution in [0.5, 0.6) is 5.75 Å². The topological polar surface area (TPSA) is 99.8 Å². The van der Waals surface area contributed by atoms with Gasteiger partial charge in [-0.05, 0) is 56.0 Å². The molecule has 196 valence electrons. The van der Waals surface area contributed by atoms with Crippen molar-refractivity contribution in [1.82, 2.24) is 9.88 Å². The van der Waals surface area contributed by atoms with E-state index < -0.39 is 17.1 Å². The highest BCUT2D eigenvalue weighted by Crippen LogP contribution is 2.53. The number of rotatable bonds is 5. The number of piperidine rings is 1. The molecule has 0 saturated carbocycles. The van der Waals surface area contributed by atoms with Gasteiger partial charge >= 0.3 is 4.87 Å². The third-order valence-electron chi connectivity index (χ3n) is 7.43. The molecule has 3 amide bonds. The Hall–Kier alpha value is -3.37. The van der Waals surface area contributed by atoms with E-state index in [1.165, 1.54) is 16.7 Å². The number of nitrogens with one attached hydrogen (secondary N) is 1.